The van der Waals surface area contributed by atoms with Gasteiger partial charge in [0.05, 0.1) is 6.61 Å². The Labute approximate surface area is 124 Å². The molecule has 6 heteroatoms. The minimum Gasteiger partial charge on any atom is -0.462 e. The summed E-state index contributed by atoms with van der Waals surface area (Å²) in [5.74, 6) is 1.41. The Morgan fingerprint density at radius 2 is 2.15 bits per heavy atom. The molecule has 2 rings (SSSR count). The van der Waals surface area contributed by atoms with Crippen LogP contribution in [0.1, 0.15) is 44.0 Å². The fourth-order valence-electron chi connectivity index (χ4n) is 2.67. The number of rotatable bonds is 4. The standard InChI is InChI=1S/C14H23N3O2S/c1-4-19-14(18)11-12(15)16-20-13(11)17-7-5-10(6-8-17)9(2)3/h9-10H,4-8H2,1-3H3,(H2,15,16). The summed E-state index contributed by atoms with van der Waals surface area (Å²) in [5, 5.41) is 0.864. The van der Waals surface area contributed by atoms with E-state index in [0.717, 1.165) is 36.9 Å². The summed E-state index contributed by atoms with van der Waals surface area (Å²) >= 11 is 1.30. The van der Waals surface area contributed by atoms with Gasteiger partial charge in [0, 0.05) is 13.1 Å². The molecule has 0 aromatic carbocycles. The zero-order chi connectivity index (χ0) is 14.7. The summed E-state index contributed by atoms with van der Waals surface area (Å²) in [7, 11) is 0. The fraction of sp³-hybridized carbons (Fsp3) is 0.714. The van der Waals surface area contributed by atoms with E-state index in [1.807, 2.05) is 0 Å². The molecular weight excluding hydrogens is 274 g/mol. The number of nitrogens with two attached hydrogens (primary N) is 1. The molecule has 2 N–H and O–H groups in total. The Hall–Kier alpha value is -1.30. The number of anilines is 2. The van der Waals surface area contributed by atoms with Crippen molar-refractivity contribution in [3.8, 4) is 0 Å². The first-order chi connectivity index (χ1) is 9.54. The molecule has 0 saturated carbocycles. The van der Waals surface area contributed by atoms with E-state index in [0.29, 0.717) is 18.1 Å². The maximum Gasteiger partial charge on any atom is 0.345 e. The lowest BCUT2D eigenvalue weighted by molar-refractivity contribution is 0.0528. The fourth-order valence-corrected chi connectivity index (χ4v) is 3.53. The first kappa shape index (κ1) is 15.1. The van der Waals surface area contributed by atoms with Crippen LogP contribution in [0.4, 0.5) is 10.8 Å². The highest BCUT2D eigenvalue weighted by atomic mass is 32.1. The van der Waals surface area contributed by atoms with Crippen molar-refractivity contribution in [3.05, 3.63) is 5.56 Å². The predicted octanol–water partition coefficient (Wildman–Crippen LogP) is 2.77. The number of nitrogens with zero attached hydrogens (tertiary/aromatic N) is 2. The van der Waals surface area contributed by atoms with Crippen molar-refractivity contribution in [2.45, 2.75) is 33.6 Å². The summed E-state index contributed by atoms with van der Waals surface area (Å²) in [4.78, 5) is 14.2. The molecule has 0 bridgehead atoms. The second kappa shape index (κ2) is 6.43. The van der Waals surface area contributed by atoms with Crippen molar-refractivity contribution in [3.63, 3.8) is 0 Å². The molecular formula is C14H23N3O2S. The molecule has 0 spiro atoms. The van der Waals surface area contributed by atoms with Gasteiger partial charge in [0.15, 0.2) is 5.82 Å². The molecule has 112 valence electrons. The third-order valence-electron chi connectivity index (χ3n) is 3.95. The van der Waals surface area contributed by atoms with Crippen LogP contribution in [0.25, 0.3) is 0 Å². The van der Waals surface area contributed by atoms with Gasteiger partial charge in [0.25, 0.3) is 0 Å². The van der Waals surface area contributed by atoms with E-state index in [1.165, 1.54) is 11.5 Å². The SMILES string of the molecule is CCOC(=O)c1c(N)nsc1N1CCC(C(C)C)CC1. The number of nitrogen functional groups attached to an aromatic ring is 1. The zero-order valence-corrected chi connectivity index (χ0v) is 13.2. The summed E-state index contributed by atoms with van der Waals surface area (Å²) in [6.07, 6.45) is 2.30. The van der Waals surface area contributed by atoms with Crippen LogP contribution in [0.2, 0.25) is 0 Å². The maximum atomic E-state index is 12.0. The number of hydrogen-bond donors (Lipinski definition) is 1. The lowest BCUT2D eigenvalue weighted by atomic mass is 9.87. The van der Waals surface area contributed by atoms with Crippen molar-refractivity contribution in [2.24, 2.45) is 11.8 Å². The number of hydrogen-bond acceptors (Lipinski definition) is 6. The van der Waals surface area contributed by atoms with Crippen LogP contribution in [-0.4, -0.2) is 30.0 Å². The Kier molecular flexibility index (Phi) is 4.86. The number of ether oxygens (including phenoxy) is 1. The molecule has 5 nitrogen and oxygen atoms in total. The van der Waals surface area contributed by atoms with Gasteiger partial charge in [-0.2, -0.15) is 4.37 Å². The summed E-state index contributed by atoms with van der Waals surface area (Å²) in [6.45, 7) is 8.60. The number of esters is 1. The van der Waals surface area contributed by atoms with Crippen LogP contribution >= 0.6 is 11.5 Å². The molecule has 1 aromatic heterocycles. The Morgan fingerprint density at radius 1 is 1.50 bits per heavy atom. The van der Waals surface area contributed by atoms with Crippen molar-refractivity contribution >= 4 is 28.3 Å². The lowest BCUT2D eigenvalue weighted by Gasteiger charge is -2.34. The van der Waals surface area contributed by atoms with Gasteiger partial charge in [0.1, 0.15) is 10.6 Å². The third-order valence-corrected chi connectivity index (χ3v) is 4.87. The summed E-state index contributed by atoms with van der Waals surface area (Å²) in [6, 6.07) is 0. The molecule has 1 aromatic rings. The molecule has 0 aliphatic carbocycles. The van der Waals surface area contributed by atoms with Crippen molar-refractivity contribution in [1.29, 1.82) is 0 Å². The smallest absolute Gasteiger partial charge is 0.345 e. The van der Waals surface area contributed by atoms with E-state index < -0.39 is 0 Å². The molecule has 0 amide bonds. The highest BCUT2D eigenvalue weighted by Gasteiger charge is 2.28. The van der Waals surface area contributed by atoms with Gasteiger partial charge < -0.3 is 15.4 Å². The second-order valence-corrected chi connectivity index (χ2v) is 6.29. The summed E-state index contributed by atoms with van der Waals surface area (Å²) in [5.41, 5.74) is 6.27. The summed E-state index contributed by atoms with van der Waals surface area (Å²) < 4.78 is 9.21. The maximum absolute atomic E-state index is 12.0. The first-order valence-electron chi connectivity index (χ1n) is 7.21. The lowest BCUT2D eigenvalue weighted by Crippen LogP contribution is -2.35. The minimum atomic E-state index is -0.361. The van der Waals surface area contributed by atoms with E-state index in [-0.39, 0.29) is 11.8 Å². The Balaban J connectivity index is 2.12. The normalized spacial score (nSPS) is 16.7. The van der Waals surface area contributed by atoms with Crippen molar-refractivity contribution in [1.82, 2.24) is 4.37 Å². The highest BCUT2D eigenvalue weighted by molar-refractivity contribution is 7.11. The van der Waals surface area contributed by atoms with Gasteiger partial charge in [-0.3, -0.25) is 0 Å². The monoisotopic (exact) mass is 297 g/mol. The Bertz CT molecular complexity index is 465. The van der Waals surface area contributed by atoms with E-state index in [1.54, 1.807) is 6.92 Å². The van der Waals surface area contributed by atoms with Gasteiger partial charge in [-0.25, -0.2) is 4.79 Å². The van der Waals surface area contributed by atoms with Gasteiger partial charge in [-0.05, 0) is 43.1 Å². The van der Waals surface area contributed by atoms with Crippen LogP contribution in [-0.2, 0) is 4.74 Å². The van der Waals surface area contributed by atoms with E-state index in [4.69, 9.17) is 10.5 Å². The van der Waals surface area contributed by atoms with Gasteiger partial charge in [0.2, 0.25) is 0 Å². The van der Waals surface area contributed by atoms with Crippen molar-refractivity contribution < 1.29 is 9.53 Å². The average molecular weight is 297 g/mol. The number of piperidine rings is 1. The van der Waals surface area contributed by atoms with Crippen LogP contribution in [0.15, 0.2) is 0 Å². The molecule has 1 saturated heterocycles. The van der Waals surface area contributed by atoms with Crippen LogP contribution in [0.3, 0.4) is 0 Å². The van der Waals surface area contributed by atoms with Crippen LogP contribution in [0.5, 0.6) is 0 Å². The van der Waals surface area contributed by atoms with Gasteiger partial charge in [-0.1, -0.05) is 13.8 Å². The topological polar surface area (TPSA) is 68.5 Å². The number of aromatic nitrogens is 1. The first-order valence-corrected chi connectivity index (χ1v) is 7.99. The molecule has 0 unspecified atom stereocenters. The van der Waals surface area contributed by atoms with Crippen LogP contribution < -0.4 is 10.6 Å². The zero-order valence-electron chi connectivity index (χ0n) is 12.4. The highest BCUT2D eigenvalue weighted by Crippen LogP contribution is 2.35. The van der Waals surface area contributed by atoms with Crippen LogP contribution in [0, 0.1) is 11.8 Å². The minimum absolute atomic E-state index is 0.287. The average Bonchev–Trinajstić information content (AvgIpc) is 2.81. The molecule has 20 heavy (non-hydrogen) atoms. The molecule has 2 heterocycles. The van der Waals surface area contributed by atoms with Crippen molar-refractivity contribution in [2.75, 3.05) is 30.3 Å². The molecule has 1 aliphatic rings. The van der Waals surface area contributed by atoms with E-state index in [9.17, 15) is 4.79 Å². The number of carbonyl (C=O) groups excluding carboxylic acids is 1. The Morgan fingerprint density at radius 3 is 2.70 bits per heavy atom. The van der Waals surface area contributed by atoms with E-state index in [2.05, 4.69) is 23.1 Å². The van der Waals surface area contributed by atoms with Gasteiger partial charge >= 0.3 is 5.97 Å². The molecule has 1 aliphatic heterocycles. The quantitative estimate of drug-likeness (QED) is 0.865. The molecule has 1 fully saturated rings. The van der Waals surface area contributed by atoms with E-state index >= 15 is 0 Å². The predicted molar refractivity (Wildman–Crippen MR) is 82.3 cm³/mol. The molecule has 0 atom stereocenters. The second-order valence-electron chi connectivity index (χ2n) is 5.54. The largest absolute Gasteiger partial charge is 0.462 e. The molecule has 0 radical (unpaired) electrons. The third kappa shape index (κ3) is 3.06. The van der Waals surface area contributed by atoms with Gasteiger partial charge in [-0.15, -0.1) is 0 Å². The number of carbonyl (C=O) groups is 1.